The summed E-state index contributed by atoms with van der Waals surface area (Å²) < 4.78 is 7.13. The highest BCUT2D eigenvalue weighted by Gasteiger charge is 2.26. The van der Waals surface area contributed by atoms with Crippen molar-refractivity contribution in [2.24, 2.45) is 0 Å². The summed E-state index contributed by atoms with van der Waals surface area (Å²) in [5.41, 5.74) is 0.812. The van der Waals surface area contributed by atoms with Crippen molar-refractivity contribution < 1.29 is 9.53 Å². The number of fused-ring (bicyclic) bond motifs is 1. The summed E-state index contributed by atoms with van der Waals surface area (Å²) in [7, 11) is 0. The molecule has 0 bridgehead atoms. The first-order valence-corrected chi connectivity index (χ1v) is 9.52. The topological polar surface area (TPSA) is 61.2 Å². The van der Waals surface area contributed by atoms with Crippen LogP contribution in [0.15, 0.2) is 11.1 Å². The van der Waals surface area contributed by atoms with E-state index in [1.165, 1.54) is 28.7 Å². The molecule has 2 aromatic heterocycles. The number of aryl methyl sites for hydroxylation is 2. The molecule has 130 valence electrons. The first-order valence-electron chi connectivity index (χ1n) is 8.70. The summed E-state index contributed by atoms with van der Waals surface area (Å²) in [4.78, 5) is 31.7. The van der Waals surface area contributed by atoms with Gasteiger partial charge in [-0.1, -0.05) is 13.3 Å². The van der Waals surface area contributed by atoms with E-state index in [4.69, 9.17) is 4.74 Å². The van der Waals surface area contributed by atoms with Gasteiger partial charge in [-0.2, -0.15) is 0 Å². The van der Waals surface area contributed by atoms with Crippen molar-refractivity contribution in [1.82, 2.24) is 9.55 Å². The number of carbonyl (C=O) groups is 1. The summed E-state index contributed by atoms with van der Waals surface area (Å²) in [5, 5.41) is 0.629. The average Bonchev–Trinajstić information content (AvgIpc) is 2.86. The fourth-order valence-corrected chi connectivity index (χ4v) is 4.36. The van der Waals surface area contributed by atoms with E-state index in [9.17, 15) is 9.59 Å². The van der Waals surface area contributed by atoms with Crippen molar-refractivity contribution in [3.05, 3.63) is 27.1 Å². The third-order valence-corrected chi connectivity index (χ3v) is 6.06. The Bertz CT molecular complexity index is 802. The molecule has 2 aromatic rings. The van der Waals surface area contributed by atoms with E-state index in [2.05, 4.69) is 4.98 Å². The zero-order chi connectivity index (χ0) is 17.3. The molecule has 0 spiro atoms. The number of hydrogen-bond acceptors (Lipinski definition) is 5. The molecule has 0 N–H and O–H groups in total. The van der Waals surface area contributed by atoms with Crippen LogP contribution >= 0.6 is 11.3 Å². The molecule has 5 nitrogen and oxygen atoms in total. The summed E-state index contributed by atoms with van der Waals surface area (Å²) in [6, 6.07) is -0.601. The molecular weight excluding hydrogens is 324 g/mol. The Hall–Kier alpha value is -1.69. The fraction of sp³-hybridized carbons (Fsp3) is 0.611. The van der Waals surface area contributed by atoms with Gasteiger partial charge in [0, 0.05) is 4.88 Å². The SMILES string of the molecule is CC[C@H](C(=O)OC1CCCCC1)n1cnc2sc(C)c(C)c2c1=O. The van der Waals surface area contributed by atoms with Gasteiger partial charge in [0.2, 0.25) is 0 Å². The van der Waals surface area contributed by atoms with Crippen molar-refractivity contribution in [2.45, 2.75) is 71.4 Å². The average molecular weight is 348 g/mol. The Morgan fingerprint density at radius 2 is 2.08 bits per heavy atom. The van der Waals surface area contributed by atoms with Gasteiger partial charge in [-0.05, 0) is 51.5 Å². The standard InChI is InChI=1S/C18H24N2O3S/c1-4-14(18(22)23-13-8-6-5-7-9-13)20-10-19-16-15(17(20)21)11(2)12(3)24-16/h10,13-14H,4-9H2,1-3H3/t14-/m1/s1. The Morgan fingerprint density at radius 3 is 2.75 bits per heavy atom. The molecule has 1 atom stereocenters. The van der Waals surface area contributed by atoms with Gasteiger partial charge in [-0.15, -0.1) is 11.3 Å². The number of nitrogens with zero attached hydrogens (tertiary/aromatic N) is 2. The lowest BCUT2D eigenvalue weighted by Crippen LogP contribution is -2.33. The van der Waals surface area contributed by atoms with E-state index in [1.54, 1.807) is 0 Å². The quantitative estimate of drug-likeness (QED) is 0.786. The number of rotatable bonds is 4. The van der Waals surface area contributed by atoms with Crippen LogP contribution in [0, 0.1) is 13.8 Å². The van der Waals surface area contributed by atoms with Gasteiger partial charge in [-0.25, -0.2) is 9.78 Å². The van der Waals surface area contributed by atoms with Gasteiger partial charge in [0.05, 0.1) is 11.7 Å². The minimum atomic E-state index is -0.601. The zero-order valence-corrected chi connectivity index (χ0v) is 15.3. The highest BCUT2D eigenvalue weighted by molar-refractivity contribution is 7.18. The molecule has 24 heavy (non-hydrogen) atoms. The summed E-state index contributed by atoms with van der Waals surface area (Å²) in [6.07, 6.45) is 7.29. The molecule has 0 unspecified atom stereocenters. The molecule has 0 radical (unpaired) electrons. The number of carbonyl (C=O) groups excluding carboxylic acids is 1. The Morgan fingerprint density at radius 1 is 1.38 bits per heavy atom. The van der Waals surface area contributed by atoms with Crippen LogP contribution in [0.5, 0.6) is 0 Å². The van der Waals surface area contributed by atoms with Crippen molar-refractivity contribution in [1.29, 1.82) is 0 Å². The second kappa shape index (κ2) is 7.05. The highest BCUT2D eigenvalue weighted by atomic mass is 32.1. The molecule has 0 saturated heterocycles. The van der Waals surface area contributed by atoms with Crippen LogP contribution in [0.25, 0.3) is 10.2 Å². The zero-order valence-electron chi connectivity index (χ0n) is 14.5. The van der Waals surface area contributed by atoms with Gasteiger partial charge in [0.25, 0.3) is 5.56 Å². The molecule has 1 aliphatic carbocycles. The van der Waals surface area contributed by atoms with Crippen molar-refractivity contribution >= 4 is 27.5 Å². The predicted octanol–water partition coefficient (Wildman–Crippen LogP) is 3.90. The summed E-state index contributed by atoms with van der Waals surface area (Å²) in [5.74, 6) is -0.308. The fourth-order valence-electron chi connectivity index (χ4n) is 3.37. The van der Waals surface area contributed by atoms with Crippen LogP contribution in [0.3, 0.4) is 0 Å². The van der Waals surface area contributed by atoms with Crippen LogP contribution in [-0.2, 0) is 9.53 Å². The second-order valence-electron chi connectivity index (χ2n) is 6.54. The van der Waals surface area contributed by atoms with Gasteiger partial charge in [-0.3, -0.25) is 9.36 Å². The largest absolute Gasteiger partial charge is 0.461 e. The highest BCUT2D eigenvalue weighted by Crippen LogP contribution is 2.27. The number of aromatic nitrogens is 2. The molecular formula is C18H24N2O3S. The molecule has 1 fully saturated rings. The van der Waals surface area contributed by atoms with E-state index in [1.807, 2.05) is 20.8 Å². The molecule has 1 aliphatic rings. The number of hydrogen-bond donors (Lipinski definition) is 0. The molecule has 6 heteroatoms. The normalized spacial score (nSPS) is 17.1. The molecule has 0 amide bonds. The lowest BCUT2D eigenvalue weighted by atomic mass is 9.98. The van der Waals surface area contributed by atoms with E-state index in [0.29, 0.717) is 11.8 Å². The molecule has 0 aromatic carbocycles. The smallest absolute Gasteiger partial charge is 0.329 e. The Balaban J connectivity index is 1.91. The number of esters is 1. The first-order chi connectivity index (χ1) is 11.5. The van der Waals surface area contributed by atoms with Crippen LogP contribution < -0.4 is 5.56 Å². The molecule has 1 saturated carbocycles. The maximum absolute atomic E-state index is 12.9. The van der Waals surface area contributed by atoms with Crippen LogP contribution in [0.1, 0.15) is 61.9 Å². The van der Waals surface area contributed by atoms with Crippen LogP contribution in [0.2, 0.25) is 0 Å². The van der Waals surface area contributed by atoms with Crippen LogP contribution in [-0.4, -0.2) is 21.6 Å². The Kier molecular flexibility index (Phi) is 5.04. The van der Waals surface area contributed by atoms with Gasteiger partial charge < -0.3 is 4.74 Å². The number of ether oxygens (including phenoxy) is 1. The van der Waals surface area contributed by atoms with E-state index < -0.39 is 6.04 Å². The second-order valence-corrected chi connectivity index (χ2v) is 7.74. The van der Waals surface area contributed by atoms with Gasteiger partial charge >= 0.3 is 5.97 Å². The van der Waals surface area contributed by atoms with Gasteiger partial charge in [0.15, 0.2) is 0 Å². The third-order valence-electron chi connectivity index (χ3n) is 4.94. The van der Waals surface area contributed by atoms with E-state index in [0.717, 1.165) is 41.0 Å². The Labute approximate surface area is 145 Å². The lowest BCUT2D eigenvalue weighted by Gasteiger charge is -2.25. The van der Waals surface area contributed by atoms with Crippen molar-refractivity contribution in [3.63, 3.8) is 0 Å². The minimum Gasteiger partial charge on any atom is -0.461 e. The minimum absolute atomic E-state index is 0.00202. The number of thiophene rings is 1. The lowest BCUT2D eigenvalue weighted by molar-refractivity contribution is -0.154. The van der Waals surface area contributed by atoms with Crippen molar-refractivity contribution in [2.75, 3.05) is 0 Å². The third kappa shape index (κ3) is 3.11. The predicted molar refractivity (Wildman–Crippen MR) is 95.6 cm³/mol. The van der Waals surface area contributed by atoms with Crippen LogP contribution in [0.4, 0.5) is 0 Å². The first kappa shape index (κ1) is 17.1. The van der Waals surface area contributed by atoms with E-state index >= 15 is 0 Å². The maximum Gasteiger partial charge on any atom is 0.329 e. The van der Waals surface area contributed by atoms with Crippen molar-refractivity contribution in [3.8, 4) is 0 Å². The summed E-state index contributed by atoms with van der Waals surface area (Å²) >= 11 is 1.52. The molecule has 3 rings (SSSR count). The molecule has 2 heterocycles. The summed E-state index contributed by atoms with van der Waals surface area (Å²) in [6.45, 7) is 5.82. The van der Waals surface area contributed by atoms with E-state index in [-0.39, 0.29) is 17.6 Å². The molecule has 0 aliphatic heterocycles. The maximum atomic E-state index is 12.9. The van der Waals surface area contributed by atoms with Gasteiger partial charge in [0.1, 0.15) is 17.0 Å². The monoisotopic (exact) mass is 348 g/mol.